The van der Waals surface area contributed by atoms with Gasteiger partial charge in [-0.2, -0.15) is 10.5 Å². The summed E-state index contributed by atoms with van der Waals surface area (Å²) >= 11 is 0. The van der Waals surface area contributed by atoms with Crippen LogP contribution >= 0.6 is 0 Å². The largest absolute Gasteiger partial charge is 0.368 e. The number of amides is 1. The fraction of sp³-hybridized carbons (Fsp3) is 0.727. The van der Waals surface area contributed by atoms with Gasteiger partial charge in [-0.15, -0.1) is 0 Å². The molecule has 0 spiro atoms. The Balaban J connectivity index is 2.49. The molecule has 1 atom stereocenters. The Morgan fingerprint density at radius 2 is 1.94 bits per heavy atom. The molecule has 5 nitrogen and oxygen atoms in total. The number of carbonyl (C=O) groups is 1. The maximum atomic E-state index is 11.9. The molecule has 0 aliphatic carbocycles. The summed E-state index contributed by atoms with van der Waals surface area (Å²) in [5, 5.41) is 17.0. The third-order valence-corrected chi connectivity index (χ3v) is 2.50. The minimum Gasteiger partial charge on any atom is -0.368 e. The molecule has 1 amide bonds. The molecule has 1 aliphatic rings. The van der Waals surface area contributed by atoms with Crippen LogP contribution in [-0.4, -0.2) is 36.6 Å². The highest BCUT2D eigenvalue weighted by Crippen LogP contribution is 2.15. The van der Waals surface area contributed by atoms with Crippen molar-refractivity contribution in [2.45, 2.75) is 31.8 Å². The van der Waals surface area contributed by atoms with Crippen molar-refractivity contribution in [3.05, 3.63) is 0 Å². The molecule has 0 aromatic carbocycles. The van der Waals surface area contributed by atoms with Crippen LogP contribution in [0.4, 0.5) is 0 Å². The Kier molecular flexibility index (Phi) is 5.31. The van der Waals surface area contributed by atoms with E-state index in [2.05, 4.69) is 0 Å². The highest BCUT2D eigenvalue weighted by molar-refractivity contribution is 5.81. The van der Waals surface area contributed by atoms with Crippen molar-refractivity contribution in [3.63, 3.8) is 0 Å². The lowest BCUT2D eigenvalue weighted by Crippen LogP contribution is -2.40. The Morgan fingerprint density at radius 3 is 2.38 bits per heavy atom. The molecule has 0 aromatic heterocycles. The van der Waals surface area contributed by atoms with Crippen LogP contribution in [0.3, 0.4) is 0 Å². The zero-order chi connectivity index (χ0) is 11.8. The van der Waals surface area contributed by atoms with E-state index in [9.17, 15) is 4.79 Å². The molecule has 0 unspecified atom stereocenters. The predicted octanol–water partition coefficient (Wildman–Crippen LogP) is 0.821. The summed E-state index contributed by atoms with van der Waals surface area (Å²) in [5.74, 6) is -0.0806. The molecule has 0 radical (unpaired) electrons. The Bertz CT molecular complexity index is 292. The lowest BCUT2D eigenvalue weighted by molar-refractivity contribution is -0.140. The van der Waals surface area contributed by atoms with Crippen molar-refractivity contribution in [1.29, 1.82) is 10.5 Å². The van der Waals surface area contributed by atoms with Gasteiger partial charge in [0.2, 0.25) is 0 Å². The molecule has 0 N–H and O–H groups in total. The number of nitriles is 2. The van der Waals surface area contributed by atoms with Gasteiger partial charge in [-0.05, 0) is 12.8 Å². The van der Waals surface area contributed by atoms with Gasteiger partial charge in [0.05, 0.1) is 25.0 Å². The average Bonchev–Trinajstić information content (AvgIpc) is 2.82. The number of hydrogen-bond donors (Lipinski definition) is 0. The van der Waals surface area contributed by atoms with Crippen molar-refractivity contribution in [3.8, 4) is 12.1 Å². The van der Waals surface area contributed by atoms with Gasteiger partial charge in [-0.3, -0.25) is 4.79 Å². The molecule has 1 aliphatic heterocycles. The van der Waals surface area contributed by atoms with Gasteiger partial charge in [0.1, 0.15) is 6.10 Å². The second-order valence-electron chi connectivity index (χ2n) is 3.64. The van der Waals surface area contributed by atoms with E-state index in [1.54, 1.807) is 4.90 Å². The molecule has 5 heteroatoms. The quantitative estimate of drug-likeness (QED) is 0.688. The third-order valence-electron chi connectivity index (χ3n) is 2.50. The van der Waals surface area contributed by atoms with Crippen LogP contribution in [0.2, 0.25) is 0 Å². The minimum atomic E-state index is -0.364. The number of carbonyl (C=O) groups excluding carboxylic acids is 1. The van der Waals surface area contributed by atoms with E-state index in [0.29, 0.717) is 32.5 Å². The molecule has 1 fully saturated rings. The van der Waals surface area contributed by atoms with Crippen molar-refractivity contribution in [1.82, 2.24) is 4.90 Å². The zero-order valence-electron chi connectivity index (χ0n) is 9.19. The van der Waals surface area contributed by atoms with Gasteiger partial charge >= 0.3 is 0 Å². The zero-order valence-corrected chi connectivity index (χ0v) is 9.19. The van der Waals surface area contributed by atoms with Gasteiger partial charge in [0.25, 0.3) is 5.91 Å². The predicted molar refractivity (Wildman–Crippen MR) is 56.0 cm³/mol. The molecular weight excluding hydrogens is 206 g/mol. The molecule has 0 saturated carbocycles. The first-order valence-corrected chi connectivity index (χ1v) is 5.44. The van der Waals surface area contributed by atoms with E-state index in [0.717, 1.165) is 12.8 Å². The first-order chi connectivity index (χ1) is 7.79. The van der Waals surface area contributed by atoms with Crippen LogP contribution in [0, 0.1) is 22.7 Å². The Morgan fingerprint density at radius 1 is 1.31 bits per heavy atom. The van der Waals surface area contributed by atoms with Gasteiger partial charge in [-0.1, -0.05) is 0 Å². The van der Waals surface area contributed by atoms with E-state index >= 15 is 0 Å². The van der Waals surface area contributed by atoms with Crippen LogP contribution < -0.4 is 0 Å². The SMILES string of the molecule is N#CCCN(CCC#N)C(=O)[C@@H]1CCCO1. The minimum absolute atomic E-state index is 0.0806. The van der Waals surface area contributed by atoms with Gasteiger partial charge in [0, 0.05) is 19.7 Å². The highest BCUT2D eigenvalue weighted by Gasteiger charge is 2.27. The van der Waals surface area contributed by atoms with Crippen LogP contribution in [0.25, 0.3) is 0 Å². The van der Waals surface area contributed by atoms with Crippen molar-refractivity contribution < 1.29 is 9.53 Å². The van der Waals surface area contributed by atoms with E-state index in [4.69, 9.17) is 15.3 Å². The topological polar surface area (TPSA) is 77.1 Å². The Labute approximate surface area is 95.2 Å². The molecule has 1 heterocycles. The number of nitrogens with zero attached hydrogens (tertiary/aromatic N) is 3. The van der Waals surface area contributed by atoms with Crippen molar-refractivity contribution in [2.24, 2.45) is 0 Å². The molecule has 16 heavy (non-hydrogen) atoms. The summed E-state index contributed by atoms with van der Waals surface area (Å²) in [6.07, 6.45) is 1.88. The van der Waals surface area contributed by atoms with Gasteiger partial charge in [0.15, 0.2) is 0 Å². The molecule has 0 aromatic rings. The standard InChI is InChI=1S/C11H15N3O2/c12-5-2-7-14(8-3-6-13)11(15)10-4-1-9-16-10/h10H,1-4,7-9H2/t10-/m0/s1. The van der Waals surface area contributed by atoms with E-state index in [1.165, 1.54) is 0 Å². The summed E-state index contributed by atoms with van der Waals surface area (Å²) < 4.78 is 5.30. The summed E-state index contributed by atoms with van der Waals surface area (Å²) in [7, 11) is 0. The third kappa shape index (κ3) is 3.52. The molecule has 1 rings (SSSR count). The fourth-order valence-corrected chi connectivity index (χ4v) is 1.68. The molecule has 1 saturated heterocycles. The van der Waals surface area contributed by atoms with Crippen LogP contribution in [-0.2, 0) is 9.53 Å². The van der Waals surface area contributed by atoms with Crippen LogP contribution in [0.15, 0.2) is 0 Å². The van der Waals surface area contributed by atoms with Crippen LogP contribution in [0.1, 0.15) is 25.7 Å². The number of ether oxygens (including phenoxy) is 1. The maximum absolute atomic E-state index is 11.9. The first kappa shape index (κ1) is 12.5. The van der Waals surface area contributed by atoms with E-state index in [-0.39, 0.29) is 12.0 Å². The summed E-state index contributed by atoms with van der Waals surface area (Å²) in [6.45, 7) is 1.40. The van der Waals surface area contributed by atoms with E-state index in [1.807, 2.05) is 12.1 Å². The van der Waals surface area contributed by atoms with Gasteiger partial charge < -0.3 is 9.64 Å². The lowest BCUT2D eigenvalue weighted by atomic mass is 10.2. The summed E-state index contributed by atoms with van der Waals surface area (Å²) in [4.78, 5) is 13.5. The normalized spacial score (nSPS) is 18.8. The fourth-order valence-electron chi connectivity index (χ4n) is 1.68. The average molecular weight is 221 g/mol. The van der Waals surface area contributed by atoms with Gasteiger partial charge in [-0.25, -0.2) is 0 Å². The smallest absolute Gasteiger partial charge is 0.251 e. The Hall–Kier alpha value is -1.59. The number of rotatable bonds is 5. The monoisotopic (exact) mass is 221 g/mol. The molecule has 0 bridgehead atoms. The lowest BCUT2D eigenvalue weighted by Gasteiger charge is -2.23. The van der Waals surface area contributed by atoms with Crippen LogP contribution in [0.5, 0.6) is 0 Å². The molecule has 86 valence electrons. The second kappa shape index (κ2) is 6.81. The molecular formula is C11H15N3O2. The highest BCUT2D eigenvalue weighted by atomic mass is 16.5. The summed E-state index contributed by atoms with van der Waals surface area (Å²) in [5.41, 5.74) is 0. The maximum Gasteiger partial charge on any atom is 0.251 e. The first-order valence-electron chi connectivity index (χ1n) is 5.44. The van der Waals surface area contributed by atoms with E-state index < -0.39 is 0 Å². The second-order valence-corrected chi connectivity index (χ2v) is 3.64. The summed E-state index contributed by atoms with van der Waals surface area (Å²) in [6, 6.07) is 4.00. The number of hydrogen-bond acceptors (Lipinski definition) is 4. The van der Waals surface area contributed by atoms with Crippen molar-refractivity contribution >= 4 is 5.91 Å². The van der Waals surface area contributed by atoms with Crippen molar-refractivity contribution in [2.75, 3.05) is 19.7 Å².